The van der Waals surface area contributed by atoms with Crippen LogP contribution >= 0.6 is 0 Å². The molecule has 0 aromatic heterocycles. The van der Waals surface area contributed by atoms with Crippen LogP contribution in [0.1, 0.15) is 38.3 Å². The van der Waals surface area contributed by atoms with Crippen LogP contribution < -0.4 is 5.32 Å². The number of halogens is 1. The van der Waals surface area contributed by atoms with Crippen LogP contribution in [0.5, 0.6) is 0 Å². The molecule has 148 valence electrons. The Kier molecular flexibility index (Phi) is 5.97. The molecule has 1 atom stereocenters. The average Bonchev–Trinajstić information content (AvgIpc) is 3.11. The summed E-state index contributed by atoms with van der Waals surface area (Å²) in [5.74, 6) is -0.329. The number of carbonyl (C=O) groups is 1. The molecule has 1 heterocycles. The van der Waals surface area contributed by atoms with Gasteiger partial charge in [0.15, 0.2) is 6.10 Å². The van der Waals surface area contributed by atoms with Crippen LogP contribution in [-0.2, 0) is 11.4 Å². The molecule has 6 heteroatoms. The summed E-state index contributed by atoms with van der Waals surface area (Å²) in [7, 11) is 0. The highest BCUT2D eigenvalue weighted by Crippen LogP contribution is 2.19. The molecule has 0 radical (unpaired) electrons. The highest BCUT2D eigenvalue weighted by molar-refractivity contribution is 6.01. The van der Waals surface area contributed by atoms with Crippen molar-refractivity contribution in [2.45, 2.75) is 45.4 Å². The van der Waals surface area contributed by atoms with Gasteiger partial charge in [0.2, 0.25) is 0 Å². The summed E-state index contributed by atoms with van der Waals surface area (Å²) >= 11 is 0. The highest BCUT2D eigenvalue weighted by atomic mass is 19.1. The van der Waals surface area contributed by atoms with Gasteiger partial charge in [-0.3, -0.25) is 0 Å². The maximum absolute atomic E-state index is 14.1. The standard InChI is InChI=1S/C22H26FN3O2/c1-22(2,3)24-21(27)26(14-17-11-7-8-12-19(17)23)15-18-13-20(25-28-18)16-9-5-4-6-10-16/h4-12,18H,13-15H2,1-3H3,(H,24,27). The molecule has 1 unspecified atom stereocenters. The summed E-state index contributed by atoms with van der Waals surface area (Å²) in [6.07, 6.45) is 0.327. The number of nitrogens with zero attached hydrogens (tertiary/aromatic N) is 2. The molecule has 1 N–H and O–H groups in total. The Hall–Kier alpha value is -2.89. The Balaban J connectivity index is 1.71. The number of oxime groups is 1. The second-order valence-corrected chi connectivity index (χ2v) is 7.99. The van der Waals surface area contributed by atoms with Gasteiger partial charge in [-0.25, -0.2) is 9.18 Å². The van der Waals surface area contributed by atoms with Crippen molar-refractivity contribution in [1.29, 1.82) is 0 Å². The molecule has 2 aromatic carbocycles. The van der Waals surface area contributed by atoms with E-state index in [0.29, 0.717) is 18.5 Å². The molecule has 0 fully saturated rings. The molecule has 2 aromatic rings. The van der Waals surface area contributed by atoms with Crippen molar-refractivity contribution in [3.05, 3.63) is 71.5 Å². The van der Waals surface area contributed by atoms with E-state index in [0.717, 1.165) is 11.3 Å². The van der Waals surface area contributed by atoms with E-state index in [4.69, 9.17) is 4.84 Å². The topological polar surface area (TPSA) is 53.9 Å². The average molecular weight is 383 g/mol. The third-order valence-corrected chi connectivity index (χ3v) is 4.35. The second kappa shape index (κ2) is 8.42. The predicted octanol–water partition coefficient (Wildman–Crippen LogP) is 4.33. The van der Waals surface area contributed by atoms with E-state index < -0.39 is 5.54 Å². The number of benzene rings is 2. The van der Waals surface area contributed by atoms with Gasteiger partial charge in [-0.2, -0.15) is 0 Å². The van der Waals surface area contributed by atoms with E-state index in [1.54, 1.807) is 23.1 Å². The molecule has 1 aliphatic heterocycles. The van der Waals surface area contributed by atoms with E-state index in [-0.39, 0.29) is 24.5 Å². The van der Waals surface area contributed by atoms with Crippen LogP contribution in [0.3, 0.4) is 0 Å². The first-order valence-corrected chi connectivity index (χ1v) is 9.40. The molecule has 0 spiro atoms. The summed E-state index contributed by atoms with van der Waals surface area (Å²) in [6, 6.07) is 16.0. The number of hydrogen-bond acceptors (Lipinski definition) is 3. The van der Waals surface area contributed by atoms with Gasteiger partial charge in [0.1, 0.15) is 5.82 Å². The van der Waals surface area contributed by atoms with Crippen LogP contribution in [0, 0.1) is 5.82 Å². The molecule has 2 amide bonds. The van der Waals surface area contributed by atoms with Crippen molar-refractivity contribution in [2.75, 3.05) is 6.54 Å². The van der Waals surface area contributed by atoms with Gasteiger partial charge in [0.05, 0.1) is 18.8 Å². The number of rotatable bonds is 5. The van der Waals surface area contributed by atoms with Gasteiger partial charge < -0.3 is 15.1 Å². The van der Waals surface area contributed by atoms with Crippen molar-refractivity contribution in [3.8, 4) is 0 Å². The molecule has 28 heavy (non-hydrogen) atoms. The Bertz CT molecular complexity index is 846. The minimum atomic E-state index is -0.396. The summed E-state index contributed by atoms with van der Waals surface area (Å²) < 4.78 is 14.1. The van der Waals surface area contributed by atoms with Crippen molar-refractivity contribution in [1.82, 2.24) is 10.2 Å². The Morgan fingerprint density at radius 2 is 1.86 bits per heavy atom. The monoisotopic (exact) mass is 383 g/mol. The van der Waals surface area contributed by atoms with Gasteiger partial charge in [-0.1, -0.05) is 53.7 Å². The van der Waals surface area contributed by atoms with E-state index >= 15 is 0 Å². The normalized spacial score (nSPS) is 16.3. The summed E-state index contributed by atoms with van der Waals surface area (Å²) in [4.78, 5) is 20.0. The van der Waals surface area contributed by atoms with E-state index in [9.17, 15) is 9.18 Å². The lowest BCUT2D eigenvalue weighted by atomic mass is 10.0. The smallest absolute Gasteiger partial charge is 0.318 e. The van der Waals surface area contributed by atoms with Crippen molar-refractivity contribution < 1.29 is 14.0 Å². The summed E-state index contributed by atoms with van der Waals surface area (Å²) in [6.45, 7) is 6.21. The zero-order valence-electron chi connectivity index (χ0n) is 16.5. The van der Waals surface area contributed by atoms with Crippen LogP contribution in [0.25, 0.3) is 0 Å². The fraction of sp³-hybridized carbons (Fsp3) is 0.364. The summed E-state index contributed by atoms with van der Waals surface area (Å²) in [5, 5.41) is 7.13. The van der Waals surface area contributed by atoms with Gasteiger partial charge in [-0.05, 0) is 32.4 Å². The number of nitrogens with one attached hydrogen (secondary N) is 1. The molecule has 3 rings (SSSR count). The number of amides is 2. The third-order valence-electron chi connectivity index (χ3n) is 4.35. The SMILES string of the molecule is CC(C)(C)NC(=O)N(Cc1ccccc1F)CC1CC(c2ccccc2)=NO1. The summed E-state index contributed by atoms with van der Waals surface area (Å²) in [5.41, 5.74) is 1.93. The minimum Gasteiger partial charge on any atom is -0.390 e. The maximum Gasteiger partial charge on any atom is 0.318 e. The number of carbonyl (C=O) groups excluding carboxylic acids is 1. The van der Waals surface area contributed by atoms with Crippen LogP contribution in [0.4, 0.5) is 9.18 Å². The number of hydrogen-bond donors (Lipinski definition) is 1. The molecular weight excluding hydrogens is 357 g/mol. The van der Waals surface area contributed by atoms with Crippen LogP contribution in [-0.4, -0.2) is 34.8 Å². The third kappa shape index (κ3) is 5.31. The van der Waals surface area contributed by atoms with Gasteiger partial charge in [0, 0.05) is 17.5 Å². The Morgan fingerprint density at radius 3 is 2.54 bits per heavy atom. The molecule has 0 aliphatic carbocycles. The lowest BCUT2D eigenvalue weighted by Crippen LogP contribution is -2.50. The predicted molar refractivity (Wildman–Crippen MR) is 108 cm³/mol. The number of urea groups is 1. The molecule has 1 aliphatic rings. The van der Waals surface area contributed by atoms with Crippen molar-refractivity contribution >= 4 is 11.7 Å². The molecular formula is C22H26FN3O2. The molecule has 0 saturated heterocycles. The Morgan fingerprint density at radius 1 is 1.18 bits per heavy atom. The van der Waals surface area contributed by atoms with Crippen LogP contribution in [0.15, 0.2) is 59.8 Å². The molecule has 0 saturated carbocycles. The van der Waals surface area contributed by atoms with Crippen molar-refractivity contribution in [2.24, 2.45) is 5.16 Å². The van der Waals surface area contributed by atoms with E-state index in [2.05, 4.69) is 10.5 Å². The first-order valence-electron chi connectivity index (χ1n) is 9.40. The van der Waals surface area contributed by atoms with E-state index in [1.807, 2.05) is 51.1 Å². The van der Waals surface area contributed by atoms with Crippen molar-refractivity contribution in [3.63, 3.8) is 0 Å². The molecule has 0 bridgehead atoms. The maximum atomic E-state index is 14.1. The fourth-order valence-electron chi connectivity index (χ4n) is 3.02. The molecule has 5 nitrogen and oxygen atoms in total. The zero-order valence-corrected chi connectivity index (χ0v) is 16.5. The minimum absolute atomic E-state index is 0.162. The second-order valence-electron chi connectivity index (χ2n) is 7.99. The highest BCUT2D eigenvalue weighted by Gasteiger charge is 2.28. The largest absolute Gasteiger partial charge is 0.390 e. The fourth-order valence-corrected chi connectivity index (χ4v) is 3.02. The zero-order chi connectivity index (χ0) is 20.1. The van der Waals surface area contributed by atoms with Gasteiger partial charge in [0.25, 0.3) is 0 Å². The lowest BCUT2D eigenvalue weighted by molar-refractivity contribution is 0.0578. The first-order chi connectivity index (χ1) is 13.3. The quantitative estimate of drug-likeness (QED) is 0.836. The van der Waals surface area contributed by atoms with Gasteiger partial charge >= 0.3 is 6.03 Å². The van der Waals surface area contributed by atoms with E-state index in [1.165, 1.54) is 6.07 Å². The lowest BCUT2D eigenvalue weighted by Gasteiger charge is -2.29. The van der Waals surface area contributed by atoms with Gasteiger partial charge in [-0.15, -0.1) is 0 Å². The first kappa shape index (κ1) is 19.9. The van der Waals surface area contributed by atoms with Crippen LogP contribution in [0.2, 0.25) is 0 Å². The Labute approximate surface area is 165 Å².